The number of carbonyl (C=O) groups is 2. The minimum Gasteiger partial charge on any atom is -0.367 e. The molecule has 0 spiro atoms. The summed E-state index contributed by atoms with van der Waals surface area (Å²) >= 11 is 4.36. The fraction of sp³-hybridized carbons (Fsp3) is 0.111. The van der Waals surface area contributed by atoms with Crippen LogP contribution in [0.5, 0.6) is 0 Å². The third kappa shape index (κ3) is 3.88. The van der Waals surface area contributed by atoms with Gasteiger partial charge in [0.1, 0.15) is 0 Å². The number of nitrogens with zero attached hydrogens (tertiary/aromatic N) is 1. The zero-order valence-corrected chi connectivity index (χ0v) is 15.4. The highest BCUT2D eigenvalue weighted by Gasteiger charge is 2.34. The molecule has 1 N–H and O–H groups in total. The summed E-state index contributed by atoms with van der Waals surface area (Å²) in [6.45, 7) is 2.15. The number of rotatable bonds is 4. The second-order valence-corrected chi connectivity index (χ2v) is 7.27. The van der Waals surface area contributed by atoms with E-state index >= 15 is 0 Å². The zero-order valence-electron chi connectivity index (χ0n) is 13.0. The maximum Gasteiger partial charge on any atom is 0.295 e. The van der Waals surface area contributed by atoms with E-state index in [1.54, 1.807) is 6.08 Å². The molecule has 4 nitrogen and oxygen atoms in total. The van der Waals surface area contributed by atoms with Crippen molar-refractivity contribution in [1.82, 2.24) is 4.90 Å². The van der Waals surface area contributed by atoms with Gasteiger partial charge < -0.3 is 5.32 Å². The van der Waals surface area contributed by atoms with Gasteiger partial charge in [-0.1, -0.05) is 51.8 Å². The van der Waals surface area contributed by atoms with Crippen molar-refractivity contribution < 1.29 is 9.59 Å². The molecule has 1 saturated heterocycles. The molecule has 1 aliphatic heterocycles. The Bertz CT molecular complexity index is 818. The topological polar surface area (TPSA) is 49.4 Å². The number of anilines is 1. The lowest BCUT2D eigenvalue weighted by Crippen LogP contribution is -2.33. The average molecular weight is 403 g/mol. The van der Waals surface area contributed by atoms with Gasteiger partial charge >= 0.3 is 0 Å². The van der Waals surface area contributed by atoms with E-state index < -0.39 is 0 Å². The van der Waals surface area contributed by atoms with Crippen molar-refractivity contribution in [3.05, 3.63) is 69.0 Å². The Hall–Kier alpha value is -2.05. The van der Waals surface area contributed by atoms with Crippen LogP contribution in [-0.2, 0) is 4.79 Å². The number of hydrogen-bond acceptors (Lipinski definition) is 4. The highest BCUT2D eigenvalue weighted by atomic mass is 79.9. The standard InChI is InChI=1S/C18H15BrN2O2S/c1-12-5-7-13(8-6-12)9-16-17(22)21(18(23)24-16)11-20-15-4-2-3-14(19)10-15/h2-10,20H,11H2,1H3. The molecule has 0 atom stereocenters. The zero-order chi connectivity index (χ0) is 17.1. The predicted octanol–water partition coefficient (Wildman–Crippen LogP) is 4.86. The molecule has 1 fully saturated rings. The summed E-state index contributed by atoms with van der Waals surface area (Å²) in [4.78, 5) is 26.2. The van der Waals surface area contributed by atoms with Crippen LogP contribution < -0.4 is 5.32 Å². The van der Waals surface area contributed by atoms with E-state index in [-0.39, 0.29) is 17.8 Å². The third-order valence-corrected chi connectivity index (χ3v) is 4.92. The number of amides is 2. The maximum absolute atomic E-state index is 12.4. The summed E-state index contributed by atoms with van der Waals surface area (Å²) in [5.74, 6) is -0.270. The van der Waals surface area contributed by atoms with Crippen LogP contribution in [0.1, 0.15) is 11.1 Å². The quantitative estimate of drug-likeness (QED) is 0.741. The van der Waals surface area contributed by atoms with Gasteiger partial charge in [-0.15, -0.1) is 0 Å². The molecular weight excluding hydrogens is 388 g/mol. The third-order valence-electron chi connectivity index (χ3n) is 3.51. The Kier molecular flexibility index (Phi) is 5.06. The molecule has 24 heavy (non-hydrogen) atoms. The van der Waals surface area contributed by atoms with Gasteiger partial charge in [0.2, 0.25) is 0 Å². The van der Waals surface area contributed by atoms with Crippen molar-refractivity contribution in [2.24, 2.45) is 0 Å². The molecule has 0 unspecified atom stereocenters. The first-order valence-electron chi connectivity index (χ1n) is 7.34. The Labute approximate surface area is 153 Å². The molecule has 0 saturated carbocycles. The largest absolute Gasteiger partial charge is 0.367 e. The van der Waals surface area contributed by atoms with Crippen LogP contribution in [0.3, 0.4) is 0 Å². The number of imide groups is 1. The number of benzene rings is 2. The van der Waals surface area contributed by atoms with E-state index in [9.17, 15) is 9.59 Å². The van der Waals surface area contributed by atoms with Crippen molar-refractivity contribution >= 4 is 50.6 Å². The summed E-state index contributed by atoms with van der Waals surface area (Å²) in [6.07, 6.45) is 1.75. The number of carbonyl (C=O) groups excluding carboxylic acids is 2. The monoisotopic (exact) mass is 402 g/mol. The Balaban J connectivity index is 1.71. The fourth-order valence-electron chi connectivity index (χ4n) is 2.22. The molecule has 122 valence electrons. The first kappa shape index (κ1) is 16.8. The highest BCUT2D eigenvalue weighted by molar-refractivity contribution is 9.10. The molecule has 2 amide bonds. The van der Waals surface area contributed by atoms with Crippen LogP contribution in [0.25, 0.3) is 6.08 Å². The van der Waals surface area contributed by atoms with Crippen molar-refractivity contribution in [1.29, 1.82) is 0 Å². The van der Waals surface area contributed by atoms with Crippen molar-refractivity contribution in [2.45, 2.75) is 6.92 Å². The number of aryl methyl sites for hydroxylation is 1. The van der Waals surface area contributed by atoms with Crippen LogP contribution in [0.4, 0.5) is 10.5 Å². The lowest BCUT2D eigenvalue weighted by Gasteiger charge is -2.14. The molecule has 2 aromatic rings. The lowest BCUT2D eigenvalue weighted by atomic mass is 10.1. The second-order valence-electron chi connectivity index (χ2n) is 5.37. The maximum atomic E-state index is 12.4. The normalized spacial score (nSPS) is 16.1. The van der Waals surface area contributed by atoms with E-state index in [1.807, 2.05) is 55.5 Å². The summed E-state index contributed by atoms with van der Waals surface area (Å²) in [6, 6.07) is 15.4. The van der Waals surface area contributed by atoms with Crippen LogP contribution in [-0.4, -0.2) is 22.7 Å². The van der Waals surface area contributed by atoms with Gasteiger partial charge in [-0.2, -0.15) is 0 Å². The van der Waals surface area contributed by atoms with Crippen LogP contribution >= 0.6 is 27.7 Å². The lowest BCUT2D eigenvalue weighted by molar-refractivity contribution is -0.122. The van der Waals surface area contributed by atoms with Gasteiger partial charge in [0, 0.05) is 10.2 Å². The molecule has 2 aromatic carbocycles. The predicted molar refractivity (Wildman–Crippen MR) is 102 cm³/mol. The van der Waals surface area contributed by atoms with E-state index in [0.29, 0.717) is 4.91 Å². The number of halogens is 1. The fourth-order valence-corrected chi connectivity index (χ4v) is 3.46. The molecule has 6 heteroatoms. The van der Waals surface area contributed by atoms with E-state index in [1.165, 1.54) is 4.90 Å². The van der Waals surface area contributed by atoms with Crippen LogP contribution in [0.2, 0.25) is 0 Å². The highest BCUT2D eigenvalue weighted by Crippen LogP contribution is 2.32. The molecule has 0 aromatic heterocycles. The molecule has 0 radical (unpaired) electrons. The van der Waals surface area contributed by atoms with Gasteiger partial charge in [-0.3, -0.25) is 14.5 Å². The van der Waals surface area contributed by atoms with E-state index in [2.05, 4.69) is 21.2 Å². The summed E-state index contributed by atoms with van der Waals surface area (Å²) in [7, 11) is 0. The molecule has 1 heterocycles. The van der Waals surface area contributed by atoms with Gasteiger partial charge in [-0.05, 0) is 48.5 Å². The smallest absolute Gasteiger partial charge is 0.295 e. The van der Waals surface area contributed by atoms with Crippen LogP contribution in [0.15, 0.2) is 57.9 Å². The Morgan fingerprint density at radius 1 is 1.17 bits per heavy atom. The number of hydrogen-bond donors (Lipinski definition) is 1. The molecule has 0 bridgehead atoms. The minimum absolute atomic E-state index is 0.145. The minimum atomic E-state index is -0.270. The first-order valence-corrected chi connectivity index (χ1v) is 8.95. The molecule has 0 aliphatic carbocycles. The summed E-state index contributed by atoms with van der Waals surface area (Å²) in [5.41, 5.74) is 2.90. The average Bonchev–Trinajstić information content (AvgIpc) is 2.82. The van der Waals surface area contributed by atoms with Gasteiger partial charge in [-0.25, -0.2) is 0 Å². The van der Waals surface area contributed by atoms with Crippen molar-refractivity contribution in [3.8, 4) is 0 Å². The Morgan fingerprint density at radius 2 is 1.92 bits per heavy atom. The van der Waals surface area contributed by atoms with Crippen molar-refractivity contribution in [3.63, 3.8) is 0 Å². The number of nitrogens with one attached hydrogen (secondary N) is 1. The first-order chi connectivity index (χ1) is 11.5. The van der Waals surface area contributed by atoms with Crippen molar-refractivity contribution in [2.75, 3.05) is 12.0 Å². The van der Waals surface area contributed by atoms with Gasteiger partial charge in [0.15, 0.2) is 0 Å². The van der Waals surface area contributed by atoms with Gasteiger partial charge in [0.25, 0.3) is 11.1 Å². The summed E-state index contributed by atoms with van der Waals surface area (Å²) < 4.78 is 0.931. The number of thioether (sulfide) groups is 1. The van der Waals surface area contributed by atoms with Gasteiger partial charge in [0.05, 0.1) is 11.6 Å². The van der Waals surface area contributed by atoms with E-state index in [4.69, 9.17) is 0 Å². The SMILES string of the molecule is Cc1ccc(C=C2SC(=O)N(CNc3cccc(Br)c3)C2=O)cc1. The Morgan fingerprint density at radius 3 is 2.62 bits per heavy atom. The molecular formula is C18H15BrN2O2S. The summed E-state index contributed by atoms with van der Waals surface area (Å²) in [5, 5.41) is 2.83. The molecule has 1 aliphatic rings. The van der Waals surface area contributed by atoms with Crippen LogP contribution in [0, 0.1) is 6.92 Å². The second kappa shape index (κ2) is 7.23. The van der Waals surface area contributed by atoms with E-state index in [0.717, 1.165) is 33.0 Å². The molecule has 3 rings (SSSR count).